The lowest BCUT2D eigenvalue weighted by atomic mass is 9.95. The molecule has 2 amide bonds. The Labute approximate surface area is 207 Å². The summed E-state index contributed by atoms with van der Waals surface area (Å²) in [5, 5.41) is 3.94. The molecule has 0 aromatic heterocycles. The van der Waals surface area contributed by atoms with Crippen LogP contribution in [0.25, 0.3) is 0 Å². The van der Waals surface area contributed by atoms with Crippen LogP contribution in [0.4, 0.5) is 0 Å². The van der Waals surface area contributed by atoms with Crippen molar-refractivity contribution in [3.05, 3.63) is 64.7 Å². The van der Waals surface area contributed by atoms with Gasteiger partial charge in [0.1, 0.15) is 6.04 Å². The number of thioether (sulfide) groups is 1. The van der Waals surface area contributed by atoms with Gasteiger partial charge in [-0.2, -0.15) is 0 Å². The SMILES string of the molecule is CC[C@@H](C(=O)NC1CCCCC1)N(Cc1ccc(C)cc1)C(=O)CCSc1ccc(Cl)cc1. The van der Waals surface area contributed by atoms with Gasteiger partial charge in [0, 0.05) is 34.7 Å². The second-order valence-corrected chi connectivity index (χ2v) is 10.4. The first-order valence-electron chi connectivity index (χ1n) is 12.0. The highest BCUT2D eigenvalue weighted by Gasteiger charge is 2.30. The number of amides is 2. The molecule has 1 aliphatic carbocycles. The van der Waals surface area contributed by atoms with Crippen LogP contribution in [-0.4, -0.2) is 34.6 Å². The van der Waals surface area contributed by atoms with E-state index >= 15 is 0 Å². The number of carbonyl (C=O) groups is 2. The van der Waals surface area contributed by atoms with Crippen LogP contribution in [0.15, 0.2) is 53.4 Å². The fraction of sp³-hybridized carbons (Fsp3) is 0.481. The quantitative estimate of drug-likeness (QED) is 0.396. The van der Waals surface area contributed by atoms with Crippen LogP contribution < -0.4 is 5.32 Å². The molecule has 0 heterocycles. The van der Waals surface area contributed by atoms with E-state index in [1.165, 1.54) is 12.0 Å². The van der Waals surface area contributed by atoms with Crippen LogP contribution >= 0.6 is 23.4 Å². The van der Waals surface area contributed by atoms with Crippen LogP contribution in [0.5, 0.6) is 0 Å². The number of nitrogens with zero attached hydrogens (tertiary/aromatic N) is 1. The standard InChI is InChI=1S/C27H35ClN2O2S/c1-3-25(27(32)29-23-7-5-4-6-8-23)30(19-21-11-9-20(2)10-12-21)26(31)17-18-33-24-15-13-22(28)14-16-24/h9-16,23,25H,3-8,17-19H2,1-2H3,(H,29,32)/t25-/m0/s1. The Kier molecular flexibility index (Phi) is 10.1. The summed E-state index contributed by atoms with van der Waals surface area (Å²) in [7, 11) is 0. The molecule has 1 aliphatic rings. The topological polar surface area (TPSA) is 49.4 Å². The number of nitrogens with one attached hydrogen (secondary N) is 1. The van der Waals surface area contributed by atoms with E-state index in [2.05, 4.69) is 17.4 Å². The normalized spacial score (nSPS) is 15.1. The van der Waals surface area contributed by atoms with Gasteiger partial charge in [-0.05, 0) is 56.0 Å². The maximum absolute atomic E-state index is 13.4. The summed E-state index contributed by atoms with van der Waals surface area (Å²) in [5.41, 5.74) is 2.22. The first-order valence-corrected chi connectivity index (χ1v) is 13.4. The zero-order chi connectivity index (χ0) is 23.6. The van der Waals surface area contributed by atoms with E-state index in [9.17, 15) is 9.59 Å². The van der Waals surface area contributed by atoms with Crippen LogP contribution in [-0.2, 0) is 16.1 Å². The van der Waals surface area contributed by atoms with Gasteiger partial charge in [-0.25, -0.2) is 0 Å². The fourth-order valence-electron chi connectivity index (χ4n) is 4.28. The molecule has 0 spiro atoms. The Bertz CT molecular complexity index is 895. The van der Waals surface area contributed by atoms with E-state index in [1.807, 2.05) is 50.2 Å². The van der Waals surface area contributed by atoms with Crippen molar-refractivity contribution >= 4 is 35.2 Å². The van der Waals surface area contributed by atoms with E-state index < -0.39 is 6.04 Å². The zero-order valence-corrected chi connectivity index (χ0v) is 21.3. The summed E-state index contributed by atoms with van der Waals surface area (Å²) in [6.45, 7) is 4.48. The van der Waals surface area contributed by atoms with Crippen molar-refractivity contribution in [3.8, 4) is 0 Å². The first-order chi connectivity index (χ1) is 16.0. The second kappa shape index (κ2) is 13.0. The highest BCUT2D eigenvalue weighted by molar-refractivity contribution is 7.99. The zero-order valence-electron chi connectivity index (χ0n) is 19.7. The van der Waals surface area contributed by atoms with E-state index in [1.54, 1.807) is 16.7 Å². The maximum Gasteiger partial charge on any atom is 0.243 e. The Morgan fingerprint density at radius 3 is 2.36 bits per heavy atom. The molecule has 3 rings (SSSR count). The van der Waals surface area contributed by atoms with Crippen molar-refractivity contribution in [2.45, 2.75) is 82.3 Å². The fourth-order valence-corrected chi connectivity index (χ4v) is 5.25. The lowest BCUT2D eigenvalue weighted by Crippen LogP contribution is -2.51. The Balaban J connectivity index is 1.68. The molecule has 6 heteroatoms. The average Bonchev–Trinajstić information content (AvgIpc) is 2.82. The molecule has 0 radical (unpaired) electrons. The summed E-state index contributed by atoms with van der Waals surface area (Å²) < 4.78 is 0. The third-order valence-electron chi connectivity index (χ3n) is 6.21. The molecule has 0 bridgehead atoms. The molecule has 33 heavy (non-hydrogen) atoms. The largest absolute Gasteiger partial charge is 0.352 e. The molecule has 2 aromatic rings. The van der Waals surface area contributed by atoms with Crippen LogP contribution in [0.2, 0.25) is 5.02 Å². The molecule has 0 unspecified atom stereocenters. The van der Waals surface area contributed by atoms with Gasteiger partial charge in [-0.1, -0.05) is 67.6 Å². The van der Waals surface area contributed by atoms with Crippen LogP contribution in [0.3, 0.4) is 0 Å². The predicted molar refractivity (Wildman–Crippen MR) is 138 cm³/mol. The van der Waals surface area contributed by atoms with Crippen molar-refractivity contribution in [2.75, 3.05) is 5.75 Å². The van der Waals surface area contributed by atoms with E-state index in [-0.39, 0.29) is 17.9 Å². The molecule has 4 nitrogen and oxygen atoms in total. The first kappa shape index (κ1) is 25.6. The van der Waals surface area contributed by atoms with Gasteiger partial charge in [0.05, 0.1) is 0 Å². The van der Waals surface area contributed by atoms with Crippen molar-refractivity contribution < 1.29 is 9.59 Å². The summed E-state index contributed by atoms with van der Waals surface area (Å²) >= 11 is 7.60. The average molecular weight is 487 g/mol. The third kappa shape index (κ3) is 8.08. The number of aryl methyl sites for hydroxylation is 1. The maximum atomic E-state index is 13.4. The van der Waals surface area contributed by atoms with Gasteiger partial charge in [0.15, 0.2) is 0 Å². The Morgan fingerprint density at radius 2 is 1.73 bits per heavy atom. The van der Waals surface area contributed by atoms with Gasteiger partial charge < -0.3 is 10.2 Å². The Hall–Kier alpha value is -1.98. The molecule has 0 aliphatic heterocycles. The summed E-state index contributed by atoms with van der Waals surface area (Å²) in [6, 6.07) is 15.6. The van der Waals surface area contributed by atoms with Crippen molar-refractivity contribution in [2.24, 2.45) is 0 Å². The summed E-state index contributed by atoms with van der Waals surface area (Å²) in [5.74, 6) is 0.656. The second-order valence-electron chi connectivity index (χ2n) is 8.83. The van der Waals surface area contributed by atoms with Crippen molar-refractivity contribution in [1.82, 2.24) is 10.2 Å². The van der Waals surface area contributed by atoms with Crippen molar-refractivity contribution in [1.29, 1.82) is 0 Å². The summed E-state index contributed by atoms with van der Waals surface area (Å²) in [4.78, 5) is 29.5. The van der Waals surface area contributed by atoms with Gasteiger partial charge in [0.2, 0.25) is 11.8 Å². The smallest absolute Gasteiger partial charge is 0.243 e. The van der Waals surface area contributed by atoms with Gasteiger partial charge in [-0.15, -0.1) is 11.8 Å². The number of hydrogen-bond donors (Lipinski definition) is 1. The molecule has 1 saturated carbocycles. The molecule has 1 fully saturated rings. The van der Waals surface area contributed by atoms with Crippen LogP contribution in [0.1, 0.15) is 63.0 Å². The number of halogens is 1. The molecule has 0 saturated heterocycles. The highest BCUT2D eigenvalue weighted by Crippen LogP contribution is 2.23. The van der Waals surface area contributed by atoms with E-state index in [0.717, 1.165) is 36.1 Å². The molecular formula is C27H35ClN2O2S. The molecule has 1 N–H and O–H groups in total. The molecule has 178 valence electrons. The van der Waals surface area contributed by atoms with Gasteiger partial charge in [0.25, 0.3) is 0 Å². The van der Waals surface area contributed by atoms with E-state index in [4.69, 9.17) is 11.6 Å². The minimum Gasteiger partial charge on any atom is -0.352 e. The highest BCUT2D eigenvalue weighted by atomic mass is 35.5. The number of carbonyl (C=O) groups excluding carboxylic acids is 2. The number of hydrogen-bond acceptors (Lipinski definition) is 3. The number of benzene rings is 2. The summed E-state index contributed by atoms with van der Waals surface area (Å²) in [6.07, 6.45) is 6.61. The molecule has 2 aromatic carbocycles. The monoisotopic (exact) mass is 486 g/mol. The molecule has 1 atom stereocenters. The molecular weight excluding hydrogens is 452 g/mol. The predicted octanol–water partition coefficient (Wildman–Crippen LogP) is 6.39. The van der Waals surface area contributed by atoms with Crippen molar-refractivity contribution in [3.63, 3.8) is 0 Å². The minimum atomic E-state index is -0.457. The van der Waals surface area contributed by atoms with Gasteiger partial charge >= 0.3 is 0 Å². The Morgan fingerprint density at radius 1 is 1.06 bits per heavy atom. The lowest BCUT2D eigenvalue weighted by molar-refractivity contribution is -0.141. The number of rotatable bonds is 10. The lowest BCUT2D eigenvalue weighted by Gasteiger charge is -2.33. The minimum absolute atomic E-state index is 0.0164. The van der Waals surface area contributed by atoms with E-state index in [0.29, 0.717) is 30.2 Å². The third-order valence-corrected chi connectivity index (χ3v) is 7.48. The van der Waals surface area contributed by atoms with Gasteiger partial charge in [-0.3, -0.25) is 9.59 Å². The van der Waals surface area contributed by atoms with Crippen LogP contribution in [0, 0.1) is 6.92 Å².